The van der Waals surface area contributed by atoms with Crippen LogP contribution in [-0.2, 0) is 4.79 Å². The first-order valence-electron chi connectivity index (χ1n) is 6.87. The van der Waals surface area contributed by atoms with Crippen molar-refractivity contribution in [2.24, 2.45) is 16.1 Å². The Morgan fingerprint density at radius 2 is 1.85 bits per heavy atom. The van der Waals surface area contributed by atoms with Gasteiger partial charge >= 0.3 is 0 Å². The predicted octanol–water partition coefficient (Wildman–Crippen LogP) is 3.67. The number of hydrogen-bond acceptors (Lipinski definition) is 3. The van der Waals surface area contributed by atoms with Crippen LogP contribution in [0.3, 0.4) is 0 Å². The molecule has 1 unspecified atom stereocenters. The maximum atomic E-state index is 12.2. The molecule has 0 heterocycles. The second-order valence-electron chi connectivity index (χ2n) is 6.47. The number of carbonyl (C=O) groups is 1. The summed E-state index contributed by atoms with van der Waals surface area (Å²) in [6, 6.07) is 0. The first kappa shape index (κ1) is 19.0. The van der Waals surface area contributed by atoms with Crippen molar-refractivity contribution in [3.8, 4) is 0 Å². The lowest BCUT2D eigenvalue weighted by Crippen LogP contribution is -2.30. The summed E-state index contributed by atoms with van der Waals surface area (Å²) in [6.07, 6.45) is 2.34. The molecular weight excluding hydrogens is 272 g/mol. The third-order valence-corrected chi connectivity index (χ3v) is 4.37. The van der Waals surface area contributed by atoms with Gasteiger partial charge in [0.05, 0.1) is 4.75 Å². The molecule has 0 aliphatic rings. The Morgan fingerprint density at radius 1 is 1.35 bits per heavy atom. The van der Waals surface area contributed by atoms with E-state index in [0.29, 0.717) is 5.25 Å². The van der Waals surface area contributed by atoms with Crippen molar-refractivity contribution in [3.63, 3.8) is 0 Å². The second kappa shape index (κ2) is 7.16. The van der Waals surface area contributed by atoms with Gasteiger partial charge in [-0.2, -0.15) is 4.99 Å². The topological polar surface area (TPSA) is 75.7 Å². The minimum absolute atomic E-state index is 0.0419. The van der Waals surface area contributed by atoms with E-state index < -0.39 is 10.2 Å². The highest BCUT2D eigenvalue weighted by Crippen LogP contribution is 2.31. The van der Waals surface area contributed by atoms with Gasteiger partial charge in [-0.1, -0.05) is 34.6 Å². The van der Waals surface area contributed by atoms with E-state index in [1.807, 2.05) is 34.6 Å². The van der Waals surface area contributed by atoms with E-state index in [9.17, 15) is 9.90 Å². The van der Waals surface area contributed by atoms with Crippen LogP contribution in [0.2, 0.25) is 0 Å². The maximum absolute atomic E-state index is 12.2. The number of nitrogens with zero attached hydrogens (tertiary/aromatic N) is 1. The van der Waals surface area contributed by atoms with Gasteiger partial charge < -0.3 is 10.8 Å². The highest BCUT2D eigenvalue weighted by atomic mass is 32.2. The van der Waals surface area contributed by atoms with Crippen LogP contribution >= 0.6 is 11.8 Å². The van der Waals surface area contributed by atoms with E-state index in [1.165, 1.54) is 6.08 Å². The Morgan fingerprint density at radius 3 is 2.25 bits per heavy atom. The molecule has 0 saturated carbocycles. The molecule has 0 radical (unpaired) electrons. The lowest BCUT2D eigenvalue weighted by molar-refractivity contribution is -0.119. The minimum atomic E-state index is -0.620. The smallest absolute Gasteiger partial charge is 0.263 e. The maximum Gasteiger partial charge on any atom is 0.263 e. The van der Waals surface area contributed by atoms with E-state index in [-0.39, 0.29) is 17.5 Å². The zero-order valence-electron chi connectivity index (χ0n) is 13.7. The standard InChI is InChI=1S/C15H28N2O2S/c1-8-10(2)20-15(6,7)13(19)17-12(16)9-11(18)14(3,4)5/h9-10,18H,8H2,1-7H3,(H2,16,17,19)/b11-9-. The number of rotatable bonds is 5. The van der Waals surface area contributed by atoms with E-state index in [4.69, 9.17) is 5.73 Å². The second-order valence-corrected chi connectivity index (χ2v) is 8.53. The molecule has 3 N–H and O–H groups in total. The van der Waals surface area contributed by atoms with Crippen molar-refractivity contribution in [3.05, 3.63) is 11.8 Å². The number of amidine groups is 1. The van der Waals surface area contributed by atoms with Gasteiger partial charge in [-0.05, 0) is 20.3 Å². The third-order valence-electron chi connectivity index (χ3n) is 2.87. The van der Waals surface area contributed by atoms with Crippen molar-refractivity contribution >= 4 is 23.5 Å². The zero-order valence-corrected chi connectivity index (χ0v) is 14.5. The minimum Gasteiger partial charge on any atom is -0.512 e. The predicted molar refractivity (Wildman–Crippen MR) is 88.2 cm³/mol. The van der Waals surface area contributed by atoms with Gasteiger partial charge in [0.25, 0.3) is 5.91 Å². The Bertz CT molecular complexity index is 407. The molecular formula is C15H28N2O2S. The molecule has 0 rings (SSSR count). The van der Waals surface area contributed by atoms with E-state index in [1.54, 1.807) is 11.8 Å². The first-order valence-corrected chi connectivity index (χ1v) is 7.75. The fourth-order valence-corrected chi connectivity index (χ4v) is 2.60. The molecule has 0 saturated heterocycles. The van der Waals surface area contributed by atoms with E-state index in [2.05, 4.69) is 18.8 Å². The zero-order chi connectivity index (χ0) is 16.1. The number of thioether (sulfide) groups is 1. The summed E-state index contributed by atoms with van der Waals surface area (Å²) in [6.45, 7) is 13.4. The summed E-state index contributed by atoms with van der Waals surface area (Å²) in [4.78, 5) is 16.0. The molecule has 0 aliphatic carbocycles. The largest absolute Gasteiger partial charge is 0.512 e. The van der Waals surface area contributed by atoms with Gasteiger partial charge in [0.15, 0.2) is 0 Å². The summed E-state index contributed by atoms with van der Waals surface area (Å²) < 4.78 is -0.620. The van der Waals surface area contributed by atoms with Gasteiger partial charge in [-0.3, -0.25) is 4.79 Å². The summed E-state index contributed by atoms with van der Waals surface area (Å²) in [7, 11) is 0. The SMILES string of the molecule is CCC(C)SC(C)(C)C(=O)N=C(N)/C=C(\O)C(C)(C)C. The molecule has 0 aromatic rings. The third kappa shape index (κ3) is 6.46. The Kier molecular flexibility index (Phi) is 6.81. The Labute approximate surface area is 126 Å². The van der Waals surface area contributed by atoms with Gasteiger partial charge in [0.2, 0.25) is 0 Å². The van der Waals surface area contributed by atoms with Gasteiger partial charge in [0.1, 0.15) is 11.6 Å². The molecule has 5 heteroatoms. The molecule has 1 amide bonds. The van der Waals surface area contributed by atoms with Gasteiger partial charge in [-0.25, -0.2) is 0 Å². The van der Waals surface area contributed by atoms with Crippen molar-refractivity contribution in [1.29, 1.82) is 0 Å². The Balaban J connectivity index is 5.01. The highest BCUT2D eigenvalue weighted by molar-refractivity contribution is 8.01. The molecule has 0 aliphatic heterocycles. The van der Waals surface area contributed by atoms with Crippen molar-refractivity contribution in [2.75, 3.05) is 0 Å². The molecule has 116 valence electrons. The van der Waals surface area contributed by atoms with Crippen molar-refractivity contribution in [2.45, 2.75) is 64.9 Å². The lowest BCUT2D eigenvalue weighted by Gasteiger charge is -2.23. The number of hydrogen-bond donors (Lipinski definition) is 2. The van der Waals surface area contributed by atoms with Crippen LogP contribution in [0.5, 0.6) is 0 Å². The molecule has 1 atom stereocenters. The number of amides is 1. The molecule has 0 fully saturated rings. The Hall–Kier alpha value is -0.970. The average Bonchev–Trinajstić information content (AvgIpc) is 2.26. The van der Waals surface area contributed by atoms with Crippen molar-refractivity contribution < 1.29 is 9.90 Å². The quantitative estimate of drug-likeness (QED) is 0.461. The normalized spacial score (nSPS) is 16.1. The molecule has 0 spiro atoms. The summed E-state index contributed by atoms with van der Waals surface area (Å²) in [5, 5.41) is 10.2. The molecule has 4 nitrogen and oxygen atoms in total. The number of allylic oxidation sites excluding steroid dienone is 1. The number of nitrogens with two attached hydrogens (primary N) is 1. The molecule has 0 aromatic carbocycles. The van der Waals surface area contributed by atoms with E-state index in [0.717, 1.165) is 6.42 Å². The summed E-state index contributed by atoms with van der Waals surface area (Å²) >= 11 is 1.58. The molecule has 0 bridgehead atoms. The van der Waals surface area contributed by atoms with Crippen LogP contribution < -0.4 is 5.73 Å². The number of aliphatic imine (C=N–C) groups is 1. The molecule has 0 aromatic heterocycles. The number of aliphatic hydroxyl groups excluding tert-OH is 1. The highest BCUT2D eigenvalue weighted by Gasteiger charge is 2.30. The van der Waals surface area contributed by atoms with Crippen LogP contribution in [0.1, 0.15) is 54.9 Å². The molecule has 20 heavy (non-hydrogen) atoms. The number of carbonyl (C=O) groups excluding carboxylic acids is 1. The van der Waals surface area contributed by atoms with Gasteiger partial charge in [-0.15, -0.1) is 11.8 Å². The summed E-state index contributed by atoms with van der Waals surface area (Å²) in [5.74, 6) is -0.127. The summed E-state index contributed by atoms with van der Waals surface area (Å²) in [5.41, 5.74) is 5.30. The van der Waals surface area contributed by atoms with Crippen LogP contribution in [0, 0.1) is 5.41 Å². The van der Waals surface area contributed by atoms with Crippen LogP contribution in [0.4, 0.5) is 0 Å². The van der Waals surface area contributed by atoms with Gasteiger partial charge in [0, 0.05) is 16.7 Å². The van der Waals surface area contributed by atoms with Crippen molar-refractivity contribution in [1.82, 2.24) is 0 Å². The van der Waals surface area contributed by atoms with Crippen LogP contribution in [0.25, 0.3) is 0 Å². The first-order chi connectivity index (χ1) is 8.90. The fourth-order valence-electron chi connectivity index (χ4n) is 1.28. The number of aliphatic hydroxyl groups is 1. The van der Waals surface area contributed by atoms with Crippen LogP contribution in [0.15, 0.2) is 16.8 Å². The monoisotopic (exact) mass is 300 g/mol. The van der Waals surface area contributed by atoms with E-state index >= 15 is 0 Å². The van der Waals surface area contributed by atoms with Crippen LogP contribution in [-0.4, -0.2) is 26.8 Å². The average molecular weight is 300 g/mol. The lowest BCUT2D eigenvalue weighted by atomic mass is 9.93. The fraction of sp³-hybridized carbons (Fsp3) is 0.733.